The second-order valence-corrected chi connectivity index (χ2v) is 4.52. The zero-order valence-electron chi connectivity index (χ0n) is 12.1. The predicted molar refractivity (Wildman–Crippen MR) is 78.4 cm³/mol. The number of hydrogen-bond donors (Lipinski definition) is 2. The smallest absolute Gasteiger partial charge is 0.337 e. The zero-order chi connectivity index (χ0) is 15.7. The van der Waals surface area contributed by atoms with Gasteiger partial charge in [-0.2, -0.15) is 0 Å². The van der Waals surface area contributed by atoms with Gasteiger partial charge in [0.2, 0.25) is 0 Å². The van der Waals surface area contributed by atoms with Crippen molar-refractivity contribution in [3.8, 4) is 5.75 Å². The van der Waals surface area contributed by atoms with Gasteiger partial charge >= 0.3 is 11.9 Å². The summed E-state index contributed by atoms with van der Waals surface area (Å²) in [6.45, 7) is 2.65. The van der Waals surface area contributed by atoms with Crippen LogP contribution in [0.1, 0.15) is 43.0 Å². The van der Waals surface area contributed by atoms with Gasteiger partial charge in [-0.25, -0.2) is 4.79 Å². The van der Waals surface area contributed by atoms with Crippen molar-refractivity contribution in [2.24, 2.45) is 0 Å². The van der Waals surface area contributed by atoms with E-state index in [1.807, 2.05) is 0 Å². The van der Waals surface area contributed by atoms with Crippen LogP contribution in [0.3, 0.4) is 0 Å². The molecule has 0 atom stereocenters. The Bertz CT molecular complexity index is 487. The van der Waals surface area contributed by atoms with E-state index < -0.39 is 5.97 Å². The Morgan fingerprint density at radius 1 is 1.24 bits per heavy atom. The van der Waals surface area contributed by atoms with Crippen LogP contribution in [0, 0.1) is 0 Å². The molecule has 6 nitrogen and oxygen atoms in total. The average molecular weight is 295 g/mol. The molecule has 0 saturated heterocycles. The predicted octanol–water partition coefficient (Wildman–Crippen LogP) is 2.47. The molecule has 1 rings (SSSR count). The lowest BCUT2D eigenvalue weighted by atomic mass is 10.1. The van der Waals surface area contributed by atoms with Crippen LogP contribution in [0.15, 0.2) is 18.2 Å². The highest BCUT2D eigenvalue weighted by atomic mass is 16.5. The minimum absolute atomic E-state index is 0.0369. The molecule has 0 spiro atoms. The van der Waals surface area contributed by atoms with Gasteiger partial charge in [0.25, 0.3) is 0 Å². The van der Waals surface area contributed by atoms with Crippen LogP contribution in [0.2, 0.25) is 0 Å². The molecule has 0 radical (unpaired) electrons. The molecule has 0 fully saturated rings. The lowest BCUT2D eigenvalue weighted by Gasteiger charge is -2.08. The van der Waals surface area contributed by atoms with Crippen LogP contribution in [0.25, 0.3) is 0 Å². The number of esters is 1. The second-order valence-electron chi connectivity index (χ2n) is 4.52. The first kappa shape index (κ1) is 16.8. The molecule has 0 aliphatic carbocycles. The fourth-order valence-corrected chi connectivity index (χ4v) is 1.78. The standard InChI is InChI=1S/C15H21NO5/c1-2-20-14(17)6-4-3-5-9-21-11-7-8-13(16)12(10-11)15(18)19/h7-8,10H,2-6,9,16H2,1H3,(H,18,19). The van der Waals surface area contributed by atoms with Crippen LogP contribution in [0.4, 0.5) is 5.69 Å². The summed E-state index contributed by atoms with van der Waals surface area (Å²) in [6, 6.07) is 4.57. The number of benzene rings is 1. The summed E-state index contributed by atoms with van der Waals surface area (Å²) in [4.78, 5) is 22.0. The molecular weight excluding hydrogens is 274 g/mol. The maximum Gasteiger partial charge on any atom is 0.337 e. The third kappa shape index (κ3) is 6.16. The van der Waals surface area contributed by atoms with Gasteiger partial charge < -0.3 is 20.3 Å². The number of carbonyl (C=O) groups excluding carboxylic acids is 1. The van der Waals surface area contributed by atoms with Crippen molar-refractivity contribution < 1.29 is 24.2 Å². The van der Waals surface area contributed by atoms with Gasteiger partial charge in [0.05, 0.1) is 18.8 Å². The number of carbonyl (C=O) groups is 2. The van der Waals surface area contributed by atoms with Gasteiger partial charge in [-0.15, -0.1) is 0 Å². The number of hydrogen-bond acceptors (Lipinski definition) is 5. The lowest BCUT2D eigenvalue weighted by molar-refractivity contribution is -0.143. The summed E-state index contributed by atoms with van der Waals surface area (Å²) >= 11 is 0. The molecular formula is C15H21NO5. The molecule has 6 heteroatoms. The van der Waals surface area contributed by atoms with E-state index in [-0.39, 0.29) is 17.2 Å². The first-order valence-corrected chi connectivity index (χ1v) is 6.95. The normalized spacial score (nSPS) is 10.1. The van der Waals surface area contributed by atoms with Crippen molar-refractivity contribution in [1.82, 2.24) is 0 Å². The van der Waals surface area contributed by atoms with E-state index in [1.165, 1.54) is 12.1 Å². The minimum atomic E-state index is -1.08. The molecule has 3 N–H and O–H groups in total. The van der Waals surface area contributed by atoms with Crippen LogP contribution >= 0.6 is 0 Å². The molecule has 21 heavy (non-hydrogen) atoms. The van der Waals surface area contributed by atoms with E-state index >= 15 is 0 Å². The average Bonchev–Trinajstić information content (AvgIpc) is 2.44. The third-order valence-corrected chi connectivity index (χ3v) is 2.85. The highest BCUT2D eigenvalue weighted by molar-refractivity contribution is 5.94. The Hall–Kier alpha value is -2.24. The molecule has 0 amide bonds. The summed E-state index contributed by atoms with van der Waals surface area (Å²) in [6.07, 6.45) is 2.80. The van der Waals surface area contributed by atoms with Crippen LogP contribution in [-0.2, 0) is 9.53 Å². The van der Waals surface area contributed by atoms with Gasteiger partial charge in [0.1, 0.15) is 5.75 Å². The minimum Gasteiger partial charge on any atom is -0.494 e. The first-order valence-electron chi connectivity index (χ1n) is 6.95. The Morgan fingerprint density at radius 2 is 2.00 bits per heavy atom. The largest absolute Gasteiger partial charge is 0.494 e. The Balaban J connectivity index is 2.26. The molecule has 0 bridgehead atoms. The van der Waals surface area contributed by atoms with E-state index in [0.717, 1.165) is 19.3 Å². The summed E-state index contributed by atoms with van der Waals surface area (Å²) in [5.41, 5.74) is 5.81. The quantitative estimate of drug-likeness (QED) is 0.412. The fraction of sp³-hybridized carbons (Fsp3) is 0.467. The summed E-state index contributed by atoms with van der Waals surface area (Å²) in [5, 5.41) is 8.95. The van der Waals surface area contributed by atoms with Crippen molar-refractivity contribution in [2.75, 3.05) is 18.9 Å². The van der Waals surface area contributed by atoms with Gasteiger partial charge in [-0.3, -0.25) is 4.79 Å². The van der Waals surface area contributed by atoms with E-state index in [0.29, 0.717) is 25.4 Å². The fourth-order valence-electron chi connectivity index (χ4n) is 1.78. The van der Waals surface area contributed by atoms with Crippen LogP contribution < -0.4 is 10.5 Å². The Kier molecular flexibility index (Phi) is 7.08. The molecule has 0 saturated carbocycles. The van der Waals surface area contributed by atoms with Crippen molar-refractivity contribution in [1.29, 1.82) is 0 Å². The number of nitrogens with two attached hydrogens (primary N) is 1. The molecule has 0 aliphatic rings. The number of carboxylic acid groups (broad SMARTS) is 1. The molecule has 1 aromatic carbocycles. The molecule has 0 heterocycles. The van der Waals surface area contributed by atoms with Gasteiger partial charge in [-0.1, -0.05) is 0 Å². The lowest BCUT2D eigenvalue weighted by Crippen LogP contribution is -2.05. The number of rotatable bonds is 9. The maximum atomic E-state index is 11.1. The molecule has 0 aliphatic heterocycles. The Labute approximate surface area is 123 Å². The van der Waals surface area contributed by atoms with E-state index in [2.05, 4.69) is 0 Å². The van der Waals surface area contributed by atoms with E-state index in [4.69, 9.17) is 20.3 Å². The molecule has 0 aromatic heterocycles. The Morgan fingerprint density at radius 3 is 2.67 bits per heavy atom. The number of nitrogen functional groups attached to an aromatic ring is 1. The van der Waals surface area contributed by atoms with Crippen molar-refractivity contribution in [3.05, 3.63) is 23.8 Å². The number of ether oxygens (including phenoxy) is 2. The van der Waals surface area contributed by atoms with Crippen molar-refractivity contribution in [3.63, 3.8) is 0 Å². The SMILES string of the molecule is CCOC(=O)CCCCCOc1ccc(N)c(C(=O)O)c1. The first-order chi connectivity index (χ1) is 10.0. The van der Waals surface area contributed by atoms with Gasteiger partial charge in [0.15, 0.2) is 0 Å². The second kappa shape index (κ2) is 8.84. The highest BCUT2D eigenvalue weighted by Gasteiger charge is 2.09. The molecule has 1 aromatic rings. The van der Waals surface area contributed by atoms with Crippen molar-refractivity contribution in [2.45, 2.75) is 32.6 Å². The third-order valence-electron chi connectivity index (χ3n) is 2.85. The molecule has 0 unspecified atom stereocenters. The highest BCUT2D eigenvalue weighted by Crippen LogP contribution is 2.20. The topological polar surface area (TPSA) is 98.9 Å². The summed E-state index contributed by atoms with van der Waals surface area (Å²) < 4.78 is 10.3. The zero-order valence-corrected chi connectivity index (χ0v) is 12.1. The van der Waals surface area contributed by atoms with Crippen LogP contribution in [-0.4, -0.2) is 30.3 Å². The van der Waals surface area contributed by atoms with Gasteiger partial charge in [0, 0.05) is 12.1 Å². The van der Waals surface area contributed by atoms with Gasteiger partial charge in [-0.05, 0) is 44.4 Å². The summed E-state index contributed by atoms with van der Waals surface area (Å²) in [7, 11) is 0. The maximum absolute atomic E-state index is 11.1. The number of aromatic carboxylic acids is 1. The number of anilines is 1. The van der Waals surface area contributed by atoms with Crippen molar-refractivity contribution >= 4 is 17.6 Å². The summed E-state index contributed by atoms with van der Waals surface area (Å²) in [5.74, 6) is -0.776. The van der Waals surface area contributed by atoms with Crippen LogP contribution in [0.5, 0.6) is 5.75 Å². The monoisotopic (exact) mass is 295 g/mol. The number of unbranched alkanes of at least 4 members (excludes halogenated alkanes) is 2. The molecule has 116 valence electrons. The number of carboxylic acids is 1. The van der Waals surface area contributed by atoms with E-state index in [1.54, 1.807) is 13.0 Å². The van der Waals surface area contributed by atoms with E-state index in [9.17, 15) is 9.59 Å².